The van der Waals surface area contributed by atoms with Gasteiger partial charge in [-0.1, -0.05) is 30.3 Å². The summed E-state index contributed by atoms with van der Waals surface area (Å²) in [6.07, 6.45) is 1.24. The number of nitrogens with zero attached hydrogens (tertiary/aromatic N) is 4. The predicted molar refractivity (Wildman–Crippen MR) is 64.8 cm³/mol. The number of benzene rings is 1. The molecule has 5 nitrogen and oxygen atoms in total. The van der Waals surface area contributed by atoms with Crippen LogP contribution in [0.3, 0.4) is 0 Å². The number of Topliss-reactive ketones (excluding diaryl/α,β-unsaturated/α-hetero) is 1. The van der Waals surface area contributed by atoms with Gasteiger partial charge >= 0.3 is 0 Å². The molecule has 1 fully saturated rings. The van der Waals surface area contributed by atoms with Gasteiger partial charge in [0.25, 0.3) is 0 Å². The Balaban J connectivity index is 1.63. The first kappa shape index (κ1) is 11.1. The van der Waals surface area contributed by atoms with Crippen LogP contribution >= 0.6 is 0 Å². The van der Waals surface area contributed by atoms with Crippen LogP contribution in [0.2, 0.25) is 0 Å². The minimum Gasteiger partial charge on any atom is -0.299 e. The fraction of sp³-hybridized carbons (Fsp3) is 0.385. The highest BCUT2D eigenvalue weighted by Crippen LogP contribution is 2.48. The van der Waals surface area contributed by atoms with Crippen molar-refractivity contribution in [2.75, 3.05) is 0 Å². The van der Waals surface area contributed by atoms with E-state index in [1.165, 1.54) is 10.4 Å². The molecule has 1 saturated carbocycles. The lowest BCUT2D eigenvalue weighted by atomic mass is 10.1. The summed E-state index contributed by atoms with van der Waals surface area (Å²) >= 11 is 0. The van der Waals surface area contributed by atoms with Crippen molar-refractivity contribution in [1.82, 2.24) is 20.2 Å². The van der Waals surface area contributed by atoms with Crippen molar-refractivity contribution in [3.05, 3.63) is 41.7 Å². The number of tetrazole rings is 1. The van der Waals surface area contributed by atoms with Gasteiger partial charge in [-0.3, -0.25) is 4.79 Å². The van der Waals surface area contributed by atoms with E-state index in [9.17, 15) is 4.79 Å². The van der Waals surface area contributed by atoms with Crippen molar-refractivity contribution in [2.24, 2.45) is 13.0 Å². The number of hydrogen-bond donors (Lipinski definition) is 0. The first-order valence-corrected chi connectivity index (χ1v) is 6.04. The number of rotatable bonds is 4. The van der Waals surface area contributed by atoms with Crippen molar-refractivity contribution in [3.8, 4) is 0 Å². The van der Waals surface area contributed by atoms with E-state index in [0.717, 1.165) is 6.42 Å². The molecule has 0 saturated heterocycles. The number of aryl methyl sites for hydroxylation is 1. The van der Waals surface area contributed by atoms with Crippen LogP contribution in [0.4, 0.5) is 0 Å². The summed E-state index contributed by atoms with van der Waals surface area (Å²) in [7, 11) is 1.70. The summed E-state index contributed by atoms with van der Waals surface area (Å²) in [6.45, 7) is 0. The molecule has 2 atom stereocenters. The van der Waals surface area contributed by atoms with Gasteiger partial charge in [0.15, 0.2) is 5.82 Å². The number of aromatic nitrogens is 4. The Morgan fingerprint density at radius 1 is 1.39 bits per heavy atom. The summed E-state index contributed by atoms with van der Waals surface area (Å²) in [4.78, 5) is 13.4. The van der Waals surface area contributed by atoms with Crippen molar-refractivity contribution in [1.29, 1.82) is 0 Å². The van der Waals surface area contributed by atoms with Crippen molar-refractivity contribution in [3.63, 3.8) is 0 Å². The van der Waals surface area contributed by atoms with Crippen molar-refractivity contribution < 1.29 is 4.79 Å². The number of hydrogen-bond acceptors (Lipinski definition) is 4. The van der Waals surface area contributed by atoms with Gasteiger partial charge in [0.1, 0.15) is 5.78 Å². The molecule has 1 aromatic heterocycles. The van der Waals surface area contributed by atoms with E-state index in [1.54, 1.807) is 7.05 Å². The number of carbonyl (C=O) groups is 1. The predicted octanol–water partition coefficient (Wildman–Crippen LogP) is 1.13. The van der Waals surface area contributed by atoms with Gasteiger partial charge in [0, 0.05) is 5.92 Å². The van der Waals surface area contributed by atoms with Crippen molar-refractivity contribution in [2.45, 2.75) is 18.8 Å². The van der Waals surface area contributed by atoms with Crippen LogP contribution in [0.15, 0.2) is 30.3 Å². The highest BCUT2D eigenvalue weighted by Gasteiger charge is 2.43. The van der Waals surface area contributed by atoms with Crippen LogP contribution in [0.1, 0.15) is 23.7 Å². The minimum atomic E-state index is 0.135. The van der Waals surface area contributed by atoms with E-state index in [0.29, 0.717) is 18.2 Å². The van der Waals surface area contributed by atoms with Gasteiger partial charge in [0.05, 0.1) is 13.5 Å². The molecule has 1 heterocycles. The monoisotopic (exact) mass is 242 g/mol. The van der Waals surface area contributed by atoms with E-state index < -0.39 is 0 Å². The Morgan fingerprint density at radius 3 is 2.83 bits per heavy atom. The highest BCUT2D eigenvalue weighted by molar-refractivity contribution is 5.86. The van der Waals surface area contributed by atoms with Crippen LogP contribution in [-0.4, -0.2) is 26.0 Å². The Morgan fingerprint density at radius 2 is 2.17 bits per heavy atom. The normalized spacial score (nSPS) is 21.8. The van der Waals surface area contributed by atoms with E-state index >= 15 is 0 Å². The summed E-state index contributed by atoms with van der Waals surface area (Å²) < 4.78 is 0. The molecule has 0 spiro atoms. The molecule has 18 heavy (non-hydrogen) atoms. The Kier molecular flexibility index (Phi) is 2.66. The van der Waals surface area contributed by atoms with Crippen LogP contribution in [0.25, 0.3) is 0 Å². The average molecular weight is 242 g/mol. The SMILES string of the molecule is Cn1nnc(CC(=O)C2CC2c2ccccc2)n1. The average Bonchev–Trinajstić information content (AvgIpc) is 3.09. The lowest BCUT2D eigenvalue weighted by molar-refractivity contribution is -0.119. The minimum absolute atomic E-state index is 0.135. The maximum absolute atomic E-state index is 12.1. The second-order valence-corrected chi connectivity index (χ2v) is 4.70. The lowest BCUT2D eigenvalue weighted by Crippen LogP contribution is -2.08. The molecule has 5 heteroatoms. The van der Waals surface area contributed by atoms with Crippen LogP contribution in [0.5, 0.6) is 0 Å². The molecular weight excluding hydrogens is 228 g/mol. The third-order valence-corrected chi connectivity index (χ3v) is 3.31. The molecule has 0 N–H and O–H groups in total. The van der Waals surface area contributed by atoms with E-state index in [2.05, 4.69) is 27.5 Å². The van der Waals surface area contributed by atoms with E-state index in [-0.39, 0.29) is 11.7 Å². The van der Waals surface area contributed by atoms with Crippen LogP contribution < -0.4 is 0 Å². The van der Waals surface area contributed by atoms with Gasteiger partial charge in [-0.05, 0) is 23.1 Å². The number of carbonyl (C=O) groups excluding carboxylic acids is 1. The first-order valence-electron chi connectivity index (χ1n) is 6.04. The maximum atomic E-state index is 12.1. The molecule has 92 valence electrons. The Hall–Kier alpha value is -2.04. The van der Waals surface area contributed by atoms with E-state index in [4.69, 9.17) is 0 Å². The maximum Gasteiger partial charge on any atom is 0.182 e. The summed E-state index contributed by atoms with van der Waals surface area (Å²) in [5.74, 6) is 1.25. The number of ketones is 1. The van der Waals surface area contributed by atoms with Crippen LogP contribution in [-0.2, 0) is 18.3 Å². The zero-order valence-corrected chi connectivity index (χ0v) is 10.2. The summed E-state index contributed by atoms with van der Waals surface area (Å²) in [5, 5.41) is 11.6. The molecule has 1 aliphatic rings. The molecule has 2 unspecified atom stereocenters. The van der Waals surface area contributed by atoms with Gasteiger partial charge in [0.2, 0.25) is 0 Å². The Labute approximate surface area is 105 Å². The van der Waals surface area contributed by atoms with Crippen LogP contribution in [0, 0.1) is 5.92 Å². The molecular formula is C13H14N4O. The third kappa shape index (κ3) is 2.16. The molecule has 2 aromatic rings. The molecule has 0 radical (unpaired) electrons. The fourth-order valence-corrected chi connectivity index (χ4v) is 2.30. The molecule has 1 aliphatic carbocycles. The quantitative estimate of drug-likeness (QED) is 0.806. The smallest absolute Gasteiger partial charge is 0.182 e. The zero-order valence-electron chi connectivity index (χ0n) is 10.2. The summed E-state index contributed by atoms with van der Waals surface area (Å²) in [6, 6.07) is 10.2. The van der Waals surface area contributed by atoms with Crippen molar-refractivity contribution >= 4 is 5.78 Å². The fourth-order valence-electron chi connectivity index (χ4n) is 2.30. The second kappa shape index (κ2) is 4.33. The molecule has 0 amide bonds. The first-order chi connectivity index (χ1) is 8.74. The standard InChI is InChI=1S/C13H14N4O/c1-17-15-13(14-16-17)8-12(18)11-7-10(11)9-5-3-2-4-6-9/h2-6,10-11H,7-8H2,1H3. The second-order valence-electron chi connectivity index (χ2n) is 4.70. The van der Waals surface area contributed by atoms with Gasteiger partial charge in [-0.25, -0.2) is 0 Å². The van der Waals surface area contributed by atoms with Gasteiger partial charge in [-0.15, -0.1) is 10.2 Å². The molecule has 0 aliphatic heterocycles. The van der Waals surface area contributed by atoms with Gasteiger partial charge in [-0.2, -0.15) is 4.80 Å². The largest absolute Gasteiger partial charge is 0.299 e. The molecule has 1 aromatic carbocycles. The highest BCUT2D eigenvalue weighted by atomic mass is 16.1. The zero-order chi connectivity index (χ0) is 12.5. The molecule has 0 bridgehead atoms. The van der Waals surface area contributed by atoms with E-state index in [1.807, 2.05) is 18.2 Å². The topological polar surface area (TPSA) is 60.7 Å². The molecule has 3 rings (SSSR count). The lowest BCUT2D eigenvalue weighted by Gasteiger charge is -1.98. The summed E-state index contributed by atoms with van der Waals surface area (Å²) in [5.41, 5.74) is 1.25. The Bertz CT molecular complexity index is 563. The third-order valence-electron chi connectivity index (χ3n) is 3.31. The van der Waals surface area contributed by atoms with Gasteiger partial charge < -0.3 is 0 Å².